The zero-order valence-corrected chi connectivity index (χ0v) is 11.2. The quantitative estimate of drug-likeness (QED) is 0.744. The SMILES string of the molecule is Cc1cc(NS(=O)(=O)c2cc(N)c(C)cc2F)n[nH]1. The van der Waals surface area contributed by atoms with E-state index in [0.717, 1.165) is 12.1 Å². The van der Waals surface area contributed by atoms with Crippen molar-refractivity contribution in [3.05, 3.63) is 35.3 Å². The van der Waals surface area contributed by atoms with Crippen molar-refractivity contribution in [1.29, 1.82) is 0 Å². The summed E-state index contributed by atoms with van der Waals surface area (Å²) >= 11 is 0. The van der Waals surface area contributed by atoms with E-state index in [1.807, 2.05) is 0 Å². The Labute approximate surface area is 109 Å². The molecular formula is C11H13FN4O2S. The monoisotopic (exact) mass is 284 g/mol. The fourth-order valence-electron chi connectivity index (χ4n) is 1.54. The lowest BCUT2D eigenvalue weighted by atomic mass is 10.2. The molecule has 0 atom stereocenters. The second-order valence-corrected chi connectivity index (χ2v) is 5.83. The molecular weight excluding hydrogens is 271 g/mol. The highest BCUT2D eigenvalue weighted by atomic mass is 32.2. The van der Waals surface area contributed by atoms with Gasteiger partial charge in [-0.3, -0.25) is 9.82 Å². The highest BCUT2D eigenvalue weighted by Crippen LogP contribution is 2.23. The van der Waals surface area contributed by atoms with Crippen molar-refractivity contribution in [3.8, 4) is 0 Å². The van der Waals surface area contributed by atoms with Gasteiger partial charge in [-0.1, -0.05) is 0 Å². The van der Waals surface area contributed by atoms with Crippen LogP contribution in [0.2, 0.25) is 0 Å². The first-order valence-corrected chi connectivity index (χ1v) is 6.88. The van der Waals surface area contributed by atoms with Gasteiger partial charge in [0.2, 0.25) is 0 Å². The molecule has 2 aromatic rings. The molecule has 1 heterocycles. The summed E-state index contributed by atoms with van der Waals surface area (Å²) in [7, 11) is -4.06. The Balaban J connectivity index is 2.42. The molecule has 0 bridgehead atoms. The van der Waals surface area contributed by atoms with Gasteiger partial charge in [-0.2, -0.15) is 5.10 Å². The van der Waals surface area contributed by atoms with Crippen molar-refractivity contribution in [1.82, 2.24) is 10.2 Å². The Kier molecular flexibility index (Phi) is 3.19. The summed E-state index contributed by atoms with van der Waals surface area (Å²) in [6, 6.07) is 3.67. The van der Waals surface area contributed by atoms with Gasteiger partial charge in [0.05, 0.1) is 0 Å². The Morgan fingerprint density at radius 1 is 1.32 bits per heavy atom. The molecule has 0 fully saturated rings. The van der Waals surface area contributed by atoms with Crippen LogP contribution < -0.4 is 10.5 Å². The van der Waals surface area contributed by atoms with Crippen LogP contribution in [0.5, 0.6) is 0 Å². The molecule has 19 heavy (non-hydrogen) atoms. The fourth-order valence-corrected chi connectivity index (χ4v) is 2.63. The van der Waals surface area contributed by atoms with E-state index in [1.54, 1.807) is 13.8 Å². The minimum Gasteiger partial charge on any atom is -0.398 e. The number of aromatic amines is 1. The van der Waals surface area contributed by atoms with E-state index in [2.05, 4.69) is 14.9 Å². The number of H-pyrrole nitrogens is 1. The zero-order chi connectivity index (χ0) is 14.2. The summed E-state index contributed by atoms with van der Waals surface area (Å²) in [5.41, 5.74) is 6.97. The van der Waals surface area contributed by atoms with Gasteiger partial charge in [0.15, 0.2) is 5.82 Å². The predicted octanol–water partition coefficient (Wildman–Crippen LogP) is 1.55. The minimum absolute atomic E-state index is 0.0936. The minimum atomic E-state index is -4.06. The molecule has 0 radical (unpaired) electrons. The van der Waals surface area contributed by atoms with Crippen LogP contribution in [0.4, 0.5) is 15.9 Å². The summed E-state index contributed by atoms with van der Waals surface area (Å²) in [6.07, 6.45) is 0. The molecule has 1 aromatic carbocycles. The Bertz CT molecular complexity index is 724. The predicted molar refractivity (Wildman–Crippen MR) is 69.7 cm³/mol. The lowest BCUT2D eigenvalue weighted by molar-refractivity contribution is 0.570. The second-order valence-electron chi connectivity index (χ2n) is 4.18. The summed E-state index contributed by atoms with van der Waals surface area (Å²) in [5.74, 6) is -0.762. The first kappa shape index (κ1) is 13.3. The van der Waals surface area contributed by atoms with Crippen molar-refractivity contribution in [2.45, 2.75) is 18.7 Å². The number of nitrogens with two attached hydrogens (primary N) is 1. The zero-order valence-electron chi connectivity index (χ0n) is 10.4. The van der Waals surface area contributed by atoms with Gasteiger partial charge in [0.25, 0.3) is 10.0 Å². The van der Waals surface area contributed by atoms with Crippen LogP contribution >= 0.6 is 0 Å². The summed E-state index contributed by atoms with van der Waals surface area (Å²) < 4.78 is 40.0. The first-order valence-electron chi connectivity index (χ1n) is 5.40. The Morgan fingerprint density at radius 2 is 2.00 bits per heavy atom. The average molecular weight is 284 g/mol. The second kappa shape index (κ2) is 4.54. The molecule has 2 rings (SSSR count). The maximum absolute atomic E-state index is 13.7. The maximum atomic E-state index is 13.7. The normalized spacial score (nSPS) is 11.5. The molecule has 1 aromatic heterocycles. The van der Waals surface area contributed by atoms with Gasteiger partial charge in [-0.15, -0.1) is 0 Å². The molecule has 102 valence electrons. The van der Waals surface area contributed by atoms with E-state index >= 15 is 0 Å². The highest BCUT2D eigenvalue weighted by molar-refractivity contribution is 7.92. The number of sulfonamides is 1. The van der Waals surface area contributed by atoms with Crippen LogP contribution in [0.3, 0.4) is 0 Å². The van der Waals surface area contributed by atoms with Crippen molar-refractivity contribution >= 4 is 21.5 Å². The van der Waals surface area contributed by atoms with E-state index in [1.165, 1.54) is 6.07 Å². The summed E-state index contributed by atoms with van der Waals surface area (Å²) in [5, 5.41) is 6.31. The van der Waals surface area contributed by atoms with Crippen LogP contribution in [0, 0.1) is 19.7 Å². The van der Waals surface area contributed by atoms with Gasteiger partial charge in [0.1, 0.15) is 10.7 Å². The molecule has 0 unspecified atom stereocenters. The van der Waals surface area contributed by atoms with E-state index in [0.29, 0.717) is 11.3 Å². The van der Waals surface area contributed by atoms with E-state index < -0.39 is 20.7 Å². The number of hydrogen-bond acceptors (Lipinski definition) is 4. The molecule has 6 nitrogen and oxygen atoms in total. The Hall–Kier alpha value is -2.09. The number of nitrogens with one attached hydrogen (secondary N) is 2. The number of aryl methyl sites for hydroxylation is 2. The third-order valence-electron chi connectivity index (χ3n) is 2.55. The molecule has 0 spiro atoms. The van der Waals surface area contributed by atoms with Crippen molar-refractivity contribution in [2.24, 2.45) is 0 Å². The topological polar surface area (TPSA) is 101 Å². The van der Waals surface area contributed by atoms with Gasteiger partial charge in [-0.25, -0.2) is 12.8 Å². The number of aromatic nitrogens is 2. The molecule has 4 N–H and O–H groups in total. The molecule has 0 aliphatic carbocycles. The number of hydrogen-bond donors (Lipinski definition) is 3. The van der Waals surface area contributed by atoms with Gasteiger partial charge in [-0.05, 0) is 31.5 Å². The van der Waals surface area contributed by atoms with Gasteiger partial charge < -0.3 is 5.73 Å². The third kappa shape index (κ3) is 2.68. The smallest absolute Gasteiger partial charge is 0.266 e. The average Bonchev–Trinajstić information content (AvgIpc) is 2.68. The first-order chi connectivity index (χ1) is 8.79. The van der Waals surface area contributed by atoms with Crippen LogP contribution in [0.25, 0.3) is 0 Å². The Morgan fingerprint density at radius 3 is 2.58 bits per heavy atom. The number of benzene rings is 1. The summed E-state index contributed by atoms with van der Waals surface area (Å²) in [6.45, 7) is 3.31. The molecule has 8 heteroatoms. The van der Waals surface area contributed by atoms with Crippen LogP contribution in [-0.2, 0) is 10.0 Å². The van der Waals surface area contributed by atoms with E-state index in [4.69, 9.17) is 5.73 Å². The fraction of sp³-hybridized carbons (Fsp3) is 0.182. The van der Waals surface area contributed by atoms with Crippen molar-refractivity contribution in [3.63, 3.8) is 0 Å². The van der Waals surface area contributed by atoms with E-state index in [9.17, 15) is 12.8 Å². The molecule has 0 aliphatic heterocycles. The summed E-state index contributed by atoms with van der Waals surface area (Å²) in [4.78, 5) is -0.503. The molecule has 0 saturated heterocycles. The van der Waals surface area contributed by atoms with E-state index in [-0.39, 0.29) is 11.5 Å². The molecule has 0 saturated carbocycles. The van der Waals surface area contributed by atoms with Crippen molar-refractivity contribution < 1.29 is 12.8 Å². The number of nitrogens with zero attached hydrogens (tertiary/aromatic N) is 1. The lowest BCUT2D eigenvalue weighted by Gasteiger charge is -2.08. The number of nitrogen functional groups attached to an aromatic ring is 1. The number of anilines is 2. The lowest BCUT2D eigenvalue weighted by Crippen LogP contribution is -2.15. The van der Waals surface area contributed by atoms with Crippen LogP contribution in [0.1, 0.15) is 11.3 Å². The standard InChI is InChI=1S/C11H13FN4O2S/c1-6-3-8(12)10(5-9(6)13)19(17,18)16-11-4-7(2)14-15-11/h3-5H,13H2,1-2H3,(H2,14,15,16). The molecule has 0 aliphatic rings. The van der Waals surface area contributed by atoms with Crippen LogP contribution in [0.15, 0.2) is 23.1 Å². The number of halogens is 1. The van der Waals surface area contributed by atoms with Gasteiger partial charge in [0, 0.05) is 17.4 Å². The van der Waals surface area contributed by atoms with Gasteiger partial charge >= 0.3 is 0 Å². The highest BCUT2D eigenvalue weighted by Gasteiger charge is 2.21. The van der Waals surface area contributed by atoms with Crippen molar-refractivity contribution in [2.75, 3.05) is 10.5 Å². The maximum Gasteiger partial charge on any atom is 0.266 e. The third-order valence-corrected chi connectivity index (χ3v) is 3.92. The largest absolute Gasteiger partial charge is 0.398 e. The van der Waals surface area contributed by atoms with Crippen LogP contribution in [-0.4, -0.2) is 18.6 Å². The molecule has 0 amide bonds. The number of rotatable bonds is 3.